The molecule has 7 nitrogen and oxygen atoms in total. The highest BCUT2D eigenvalue weighted by Gasteiger charge is 2.26. The van der Waals surface area contributed by atoms with Gasteiger partial charge in [0.05, 0.1) is 4.90 Å². The van der Waals surface area contributed by atoms with Gasteiger partial charge < -0.3 is 10.2 Å². The van der Waals surface area contributed by atoms with Crippen LogP contribution in [0.15, 0.2) is 29.2 Å². The lowest BCUT2D eigenvalue weighted by Gasteiger charge is -2.33. The Bertz CT molecular complexity index is 841. The van der Waals surface area contributed by atoms with Gasteiger partial charge in [0.1, 0.15) is 0 Å². The molecule has 0 radical (unpaired) electrons. The van der Waals surface area contributed by atoms with Crippen LogP contribution in [0.5, 0.6) is 0 Å². The molecule has 1 heterocycles. The lowest BCUT2D eigenvalue weighted by Crippen LogP contribution is -2.46. The van der Waals surface area contributed by atoms with E-state index in [1.807, 2.05) is 18.7 Å². The maximum absolute atomic E-state index is 12.6. The number of nitrogens with one attached hydrogen (secondary N) is 2. The van der Waals surface area contributed by atoms with Gasteiger partial charge >= 0.3 is 0 Å². The molecule has 1 aliphatic heterocycles. The quantitative estimate of drug-likeness (QED) is 0.672. The Morgan fingerprint density at radius 1 is 1.14 bits per heavy atom. The van der Waals surface area contributed by atoms with Crippen molar-refractivity contribution < 1.29 is 18.0 Å². The number of benzene rings is 1. The molecule has 0 spiro atoms. The molecule has 1 aromatic rings. The number of nitrogens with zero attached hydrogens (tertiary/aromatic N) is 1. The van der Waals surface area contributed by atoms with Gasteiger partial charge in [-0.15, -0.1) is 0 Å². The predicted octanol–water partition coefficient (Wildman–Crippen LogP) is 2.14. The van der Waals surface area contributed by atoms with Crippen molar-refractivity contribution in [1.82, 2.24) is 14.9 Å². The van der Waals surface area contributed by atoms with Crippen molar-refractivity contribution in [2.24, 2.45) is 11.8 Å². The highest BCUT2D eigenvalue weighted by Crippen LogP contribution is 2.28. The Balaban J connectivity index is 1.54. The van der Waals surface area contributed by atoms with Gasteiger partial charge in [-0.25, -0.2) is 13.1 Å². The minimum atomic E-state index is -3.61. The molecule has 1 saturated carbocycles. The van der Waals surface area contributed by atoms with E-state index in [9.17, 15) is 18.0 Å². The third-order valence-electron chi connectivity index (χ3n) is 5.43. The molecule has 8 heteroatoms. The summed E-state index contributed by atoms with van der Waals surface area (Å²) in [6, 6.07) is 6.12. The van der Waals surface area contributed by atoms with Crippen molar-refractivity contribution in [2.45, 2.75) is 56.9 Å². The third-order valence-corrected chi connectivity index (χ3v) is 6.85. The number of rotatable bonds is 8. The third kappa shape index (κ3) is 6.27. The number of piperidine rings is 1. The van der Waals surface area contributed by atoms with E-state index in [-0.39, 0.29) is 22.8 Å². The predicted molar refractivity (Wildman–Crippen MR) is 111 cm³/mol. The summed E-state index contributed by atoms with van der Waals surface area (Å²) >= 11 is 0. The summed E-state index contributed by atoms with van der Waals surface area (Å²) in [4.78, 5) is 26.8. The molecule has 2 aliphatic rings. The molecular weight excluding hydrogens is 390 g/mol. The van der Waals surface area contributed by atoms with E-state index in [4.69, 9.17) is 0 Å². The van der Waals surface area contributed by atoms with Crippen LogP contribution in [-0.2, 0) is 14.8 Å². The van der Waals surface area contributed by atoms with Gasteiger partial charge in [0.2, 0.25) is 15.9 Å². The number of carbonyl (C=O) groups excluding carboxylic acids is 2. The van der Waals surface area contributed by atoms with Gasteiger partial charge in [-0.1, -0.05) is 19.9 Å². The number of likely N-dealkylation sites (tertiary alicyclic amines) is 1. The lowest BCUT2D eigenvalue weighted by molar-refractivity contribution is -0.133. The van der Waals surface area contributed by atoms with Crippen LogP contribution in [0.2, 0.25) is 0 Å². The van der Waals surface area contributed by atoms with E-state index in [0.29, 0.717) is 56.3 Å². The zero-order chi connectivity index (χ0) is 21.0. The van der Waals surface area contributed by atoms with Crippen molar-refractivity contribution in [3.8, 4) is 0 Å². The van der Waals surface area contributed by atoms with Crippen LogP contribution in [0.4, 0.5) is 0 Å². The average Bonchev–Trinajstić information content (AvgIpc) is 3.51. The number of sulfonamides is 1. The molecule has 1 aliphatic carbocycles. The molecule has 2 fully saturated rings. The lowest BCUT2D eigenvalue weighted by atomic mass is 10.0. The molecule has 1 saturated heterocycles. The fraction of sp³-hybridized carbons (Fsp3) is 0.619. The van der Waals surface area contributed by atoms with Crippen LogP contribution in [0, 0.1) is 11.8 Å². The number of hydrogen-bond acceptors (Lipinski definition) is 4. The van der Waals surface area contributed by atoms with Gasteiger partial charge in [-0.3, -0.25) is 9.59 Å². The largest absolute Gasteiger partial charge is 0.349 e. The van der Waals surface area contributed by atoms with E-state index in [1.54, 1.807) is 12.1 Å². The SMILES string of the molecule is CC(C)CC(=O)N1CCC(NC(=O)c2cccc(S(=O)(=O)NCC3CC3)c2)CC1. The number of carbonyl (C=O) groups is 2. The number of hydrogen-bond donors (Lipinski definition) is 2. The highest BCUT2D eigenvalue weighted by molar-refractivity contribution is 7.89. The Labute approximate surface area is 173 Å². The van der Waals surface area contributed by atoms with Crippen LogP contribution < -0.4 is 10.0 Å². The van der Waals surface area contributed by atoms with Crippen LogP contribution in [0.25, 0.3) is 0 Å². The molecule has 0 atom stereocenters. The summed E-state index contributed by atoms with van der Waals surface area (Å²) in [5.41, 5.74) is 0.331. The molecule has 2 N–H and O–H groups in total. The Morgan fingerprint density at radius 3 is 2.45 bits per heavy atom. The summed E-state index contributed by atoms with van der Waals surface area (Å²) in [5, 5.41) is 2.98. The zero-order valence-corrected chi connectivity index (χ0v) is 18.0. The topological polar surface area (TPSA) is 95.6 Å². The van der Waals surface area contributed by atoms with Crippen LogP contribution >= 0.6 is 0 Å². The average molecular weight is 422 g/mol. The molecule has 2 amide bonds. The fourth-order valence-electron chi connectivity index (χ4n) is 3.46. The van der Waals surface area contributed by atoms with Crippen LogP contribution in [0.1, 0.15) is 56.3 Å². The van der Waals surface area contributed by atoms with Gasteiger partial charge in [0, 0.05) is 37.7 Å². The Hall–Kier alpha value is -1.93. The summed E-state index contributed by atoms with van der Waals surface area (Å²) in [7, 11) is -3.61. The monoisotopic (exact) mass is 421 g/mol. The normalized spacial score (nSPS) is 18.1. The molecular formula is C21H31N3O4S. The molecule has 3 rings (SSSR count). The van der Waals surface area contributed by atoms with Crippen LogP contribution in [0.3, 0.4) is 0 Å². The van der Waals surface area contributed by atoms with Gasteiger partial charge in [-0.05, 0) is 55.7 Å². The van der Waals surface area contributed by atoms with E-state index in [0.717, 1.165) is 12.8 Å². The highest BCUT2D eigenvalue weighted by atomic mass is 32.2. The fourth-order valence-corrected chi connectivity index (χ4v) is 4.62. The molecule has 0 unspecified atom stereocenters. The summed E-state index contributed by atoms with van der Waals surface area (Å²) in [6.07, 6.45) is 4.08. The van der Waals surface area contributed by atoms with Crippen molar-refractivity contribution in [3.05, 3.63) is 29.8 Å². The molecule has 29 heavy (non-hydrogen) atoms. The van der Waals surface area contributed by atoms with Crippen molar-refractivity contribution >= 4 is 21.8 Å². The molecule has 160 valence electrons. The second-order valence-corrected chi connectivity index (χ2v) is 10.3. The summed E-state index contributed by atoms with van der Waals surface area (Å²) < 4.78 is 27.5. The minimum Gasteiger partial charge on any atom is -0.349 e. The second kappa shape index (κ2) is 9.26. The minimum absolute atomic E-state index is 0.0149. The maximum Gasteiger partial charge on any atom is 0.251 e. The van der Waals surface area contributed by atoms with Crippen LogP contribution in [-0.4, -0.2) is 50.8 Å². The first-order chi connectivity index (χ1) is 13.7. The molecule has 1 aromatic carbocycles. The first-order valence-corrected chi connectivity index (χ1v) is 11.9. The maximum atomic E-state index is 12.6. The van der Waals surface area contributed by atoms with Crippen molar-refractivity contribution in [2.75, 3.05) is 19.6 Å². The number of amides is 2. The van der Waals surface area contributed by atoms with E-state index in [2.05, 4.69) is 10.0 Å². The van der Waals surface area contributed by atoms with Gasteiger partial charge in [0.15, 0.2) is 0 Å². The molecule has 0 bridgehead atoms. The van der Waals surface area contributed by atoms with E-state index in [1.165, 1.54) is 12.1 Å². The standard InChI is InChI=1S/C21H31N3O4S/c1-15(2)12-20(25)24-10-8-18(9-11-24)23-21(26)17-4-3-5-19(13-17)29(27,28)22-14-16-6-7-16/h3-5,13,15-16,18,22H,6-12,14H2,1-2H3,(H,23,26). The second-order valence-electron chi connectivity index (χ2n) is 8.55. The van der Waals surface area contributed by atoms with E-state index < -0.39 is 10.0 Å². The van der Waals surface area contributed by atoms with E-state index >= 15 is 0 Å². The molecule has 0 aromatic heterocycles. The summed E-state index contributed by atoms with van der Waals surface area (Å²) in [6.45, 7) is 5.78. The van der Waals surface area contributed by atoms with Crippen molar-refractivity contribution in [3.63, 3.8) is 0 Å². The summed E-state index contributed by atoms with van der Waals surface area (Å²) in [5.74, 6) is 0.661. The smallest absolute Gasteiger partial charge is 0.251 e. The zero-order valence-electron chi connectivity index (χ0n) is 17.2. The first-order valence-electron chi connectivity index (χ1n) is 10.4. The Morgan fingerprint density at radius 2 is 1.83 bits per heavy atom. The Kier molecular flexibility index (Phi) is 6.95. The van der Waals surface area contributed by atoms with Gasteiger partial charge in [0.25, 0.3) is 5.91 Å². The first kappa shape index (κ1) is 21.8. The van der Waals surface area contributed by atoms with Crippen molar-refractivity contribution in [1.29, 1.82) is 0 Å². The van der Waals surface area contributed by atoms with Gasteiger partial charge in [-0.2, -0.15) is 0 Å².